The Hall–Kier alpha value is -2.42. The van der Waals surface area contributed by atoms with E-state index in [2.05, 4.69) is 5.32 Å². The van der Waals surface area contributed by atoms with Crippen LogP contribution in [0.15, 0.2) is 29.2 Å². The van der Waals surface area contributed by atoms with Gasteiger partial charge >= 0.3 is 0 Å². The number of carbonyl (C=O) groups excluding carboxylic acids is 3. The third-order valence-corrected chi connectivity index (χ3v) is 5.47. The highest BCUT2D eigenvalue weighted by Gasteiger charge is 2.26. The van der Waals surface area contributed by atoms with Crippen molar-refractivity contribution in [2.24, 2.45) is 5.92 Å². The summed E-state index contributed by atoms with van der Waals surface area (Å²) in [6, 6.07) is 5.58. The molecular formula is C16H21N3O5S. The molecule has 8 nitrogen and oxygen atoms in total. The molecule has 3 amide bonds. The Morgan fingerprint density at radius 2 is 1.60 bits per heavy atom. The zero-order valence-corrected chi connectivity index (χ0v) is 14.9. The summed E-state index contributed by atoms with van der Waals surface area (Å²) in [5.41, 5.74) is 0.473. The fourth-order valence-electron chi connectivity index (χ4n) is 2.67. The van der Waals surface area contributed by atoms with Crippen molar-refractivity contribution in [2.75, 3.05) is 18.4 Å². The van der Waals surface area contributed by atoms with Crippen molar-refractivity contribution in [3.05, 3.63) is 24.3 Å². The summed E-state index contributed by atoms with van der Waals surface area (Å²) in [6.07, 6.45) is 1.20. The number of sulfonamides is 1. The van der Waals surface area contributed by atoms with Gasteiger partial charge in [0.1, 0.15) is 0 Å². The van der Waals surface area contributed by atoms with Gasteiger partial charge in [0.15, 0.2) is 0 Å². The molecule has 1 fully saturated rings. The fraction of sp³-hybridized carbons (Fsp3) is 0.438. The molecule has 0 spiro atoms. The second-order valence-electron chi connectivity index (χ2n) is 5.96. The average Bonchev–Trinajstić information content (AvgIpc) is 2.54. The second kappa shape index (κ2) is 7.64. The molecule has 1 saturated heterocycles. The lowest BCUT2D eigenvalue weighted by atomic mass is 9.96. The van der Waals surface area contributed by atoms with E-state index in [1.54, 1.807) is 4.90 Å². The fourth-order valence-corrected chi connectivity index (χ4v) is 3.66. The van der Waals surface area contributed by atoms with Gasteiger partial charge in [-0.05, 0) is 37.1 Å². The van der Waals surface area contributed by atoms with Crippen LogP contribution in [0.3, 0.4) is 0 Å². The SMILES string of the molecule is CC(=O)NS(=O)(=O)c1ccc(NC(=O)C2CCN(C(C)=O)CC2)cc1. The number of likely N-dealkylation sites (tertiary alicyclic amines) is 1. The number of piperidine rings is 1. The third kappa shape index (κ3) is 5.02. The Balaban J connectivity index is 1.96. The van der Waals surface area contributed by atoms with Gasteiger partial charge in [-0.1, -0.05) is 0 Å². The number of rotatable bonds is 4. The highest BCUT2D eigenvalue weighted by atomic mass is 32.2. The van der Waals surface area contributed by atoms with Crippen LogP contribution in [0.1, 0.15) is 26.7 Å². The van der Waals surface area contributed by atoms with Crippen LogP contribution in [0, 0.1) is 5.92 Å². The Morgan fingerprint density at radius 1 is 1.04 bits per heavy atom. The highest BCUT2D eigenvalue weighted by Crippen LogP contribution is 2.20. The standard InChI is InChI=1S/C16H21N3O5S/c1-11(20)18-25(23,24)15-5-3-14(4-6-15)17-16(22)13-7-9-19(10-8-13)12(2)21/h3-6,13H,7-10H2,1-2H3,(H,17,22)(H,18,20). The van der Waals surface area contributed by atoms with Gasteiger partial charge < -0.3 is 10.2 Å². The number of benzene rings is 1. The molecule has 0 bridgehead atoms. The second-order valence-corrected chi connectivity index (χ2v) is 7.64. The van der Waals surface area contributed by atoms with Crippen LogP contribution in [0.25, 0.3) is 0 Å². The topological polar surface area (TPSA) is 113 Å². The molecule has 0 radical (unpaired) electrons. The maximum Gasteiger partial charge on any atom is 0.264 e. The number of carbonyl (C=O) groups is 3. The van der Waals surface area contributed by atoms with Gasteiger partial charge in [-0.15, -0.1) is 0 Å². The molecule has 0 aromatic heterocycles. The lowest BCUT2D eigenvalue weighted by molar-refractivity contribution is -0.132. The molecule has 1 aromatic rings. The van der Waals surface area contributed by atoms with Gasteiger partial charge in [-0.2, -0.15) is 0 Å². The number of hydrogen-bond acceptors (Lipinski definition) is 5. The van der Waals surface area contributed by atoms with E-state index in [4.69, 9.17) is 0 Å². The van der Waals surface area contributed by atoms with Crippen LogP contribution < -0.4 is 10.0 Å². The van der Waals surface area contributed by atoms with Crippen molar-refractivity contribution in [3.63, 3.8) is 0 Å². The maximum absolute atomic E-state index is 12.3. The number of anilines is 1. The summed E-state index contributed by atoms with van der Waals surface area (Å²) in [6.45, 7) is 3.74. The van der Waals surface area contributed by atoms with Gasteiger partial charge in [0.25, 0.3) is 10.0 Å². The molecule has 0 saturated carbocycles. The van der Waals surface area contributed by atoms with Crippen molar-refractivity contribution in [1.29, 1.82) is 0 Å². The van der Waals surface area contributed by atoms with Crippen molar-refractivity contribution in [2.45, 2.75) is 31.6 Å². The minimum Gasteiger partial charge on any atom is -0.343 e. The third-order valence-electron chi connectivity index (χ3n) is 4.02. The molecule has 2 N–H and O–H groups in total. The molecule has 136 valence electrons. The first-order valence-electron chi connectivity index (χ1n) is 7.89. The highest BCUT2D eigenvalue weighted by molar-refractivity contribution is 7.90. The first kappa shape index (κ1) is 18.9. The summed E-state index contributed by atoms with van der Waals surface area (Å²) in [4.78, 5) is 36.1. The summed E-state index contributed by atoms with van der Waals surface area (Å²) in [5, 5.41) is 2.75. The van der Waals surface area contributed by atoms with E-state index < -0.39 is 15.9 Å². The van der Waals surface area contributed by atoms with E-state index in [0.29, 0.717) is 31.6 Å². The molecule has 1 aliphatic heterocycles. The van der Waals surface area contributed by atoms with Crippen LogP contribution in [0.5, 0.6) is 0 Å². The van der Waals surface area contributed by atoms with Crippen LogP contribution >= 0.6 is 0 Å². The number of amides is 3. The molecule has 9 heteroatoms. The quantitative estimate of drug-likeness (QED) is 0.814. The molecule has 1 heterocycles. The van der Waals surface area contributed by atoms with Crippen molar-refractivity contribution in [1.82, 2.24) is 9.62 Å². The molecule has 1 aromatic carbocycles. The van der Waals surface area contributed by atoms with E-state index >= 15 is 0 Å². The molecular weight excluding hydrogens is 346 g/mol. The summed E-state index contributed by atoms with van der Waals surface area (Å²) in [5.74, 6) is -0.997. The molecule has 0 unspecified atom stereocenters. The van der Waals surface area contributed by atoms with Gasteiger partial charge in [0, 0.05) is 38.5 Å². The van der Waals surface area contributed by atoms with Crippen LogP contribution in [0.4, 0.5) is 5.69 Å². The summed E-state index contributed by atoms with van der Waals surface area (Å²) < 4.78 is 25.6. The van der Waals surface area contributed by atoms with Crippen LogP contribution in [0.2, 0.25) is 0 Å². The molecule has 25 heavy (non-hydrogen) atoms. The molecule has 0 aliphatic carbocycles. The first-order chi connectivity index (χ1) is 11.7. The van der Waals surface area contributed by atoms with Gasteiger partial charge in [-0.25, -0.2) is 13.1 Å². The molecule has 2 rings (SSSR count). The predicted molar refractivity (Wildman–Crippen MR) is 91.1 cm³/mol. The largest absolute Gasteiger partial charge is 0.343 e. The molecule has 1 aliphatic rings. The van der Waals surface area contributed by atoms with Gasteiger partial charge in [0.05, 0.1) is 4.90 Å². The first-order valence-corrected chi connectivity index (χ1v) is 9.37. The Bertz CT molecular complexity index is 765. The van der Waals surface area contributed by atoms with Crippen molar-refractivity contribution in [3.8, 4) is 0 Å². The Morgan fingerprint density at radius 3 is 2.08 bits per heavy atom. The van der Waals surface area contributed by atoms with E-state index in [1.807, 2.05) is 4.72 Å². The smallest absolute Gasteiger partial charge is 0.264 e. The van der Waals surface area contributed by atoms with E-state index in [1.165, 1.54) is 31.2 Å². The van der Waals surface area contributed by atoms with E-state index in [0.717, 1.165) is 6.92 Å². The predicted octanol–water partition coefficient (Wildman–Crippen LogP) is 0.708. The van der Waals surface area contributed by atoms with Gasteiger partial charge in [0.2, 0.25) is 17.7 Å². The molecule has 0 atom stereocenters. The van der Waals surface area contributed by atoms with Crippen molar-refractivity contribution < 1.29 is 22.8 Å². The lowest BCUT2D eigenvalue weighted by Crippen LogP contribution is -2.40. The summed E-state index contributed by atoms with van der Waals surface area (Å²) >= 11 is 0. The van der Waals surface area contributed by atoms with Gasteiger partial charge in [-0.3, -0.25) is 14.4 Å². The van der Waals surface area contributed by atoms with Crippen molar-refractivity contribution >= 4 is 33.4 Å². The van der Waals surface area contributed by atoms with E-state index in [9.17, 15) is 22.8 Å². The van der Waals surface area contributed by atoms with Crippen LogP contribution in [-0.2, 0) is 24.4 Å². The minimum absolute atomic E-state index is 0.00910. The average molecular weight is 367 g/mol. The zero-order chi connectivity index (χ0) is 18.6. The lowest BCUT2D eigenvalue weighted by Gasteiger charge is -2.30. The monoisotopic (exact) mass is 367 g/mol. The number of hydrogen-bond donors (Lipinski definition) is 2. The Kier molecular flexibility index (Phi) is 5.78. The zero-order valence-electron chi connectivity index (χ0n) is 14.1. The van der Waals surface area contributed by atoms with E-state index in [-0.39, 0.29) is 22.6 Å². The maximum atomic E-state index is 12.3. The number of nitrogens with zero attached hydrogens (tertiary/aromatic N) is 1. The normalized spacial score (nSPS) is 15.5. The van der Waals surface area contributed by atoms with Crippen LogP contribution in [-0.4, -0.2) is 44.1 Å². The minimum atomic E-state index is -3.89. The Labute approximate surface area is 146 Å². The number of nitrogens with one attached hydrogen (secondary N) is 2. The summed E-state index contributed by atoms with van der Waals surface area (Å²) in [7, 11) is -3.89.